The number of aryl methyl sites for hydroxylation is 1. The van der Waals surface area contributed by atoms with Crippen LogP contribution in [0.3, 0.4) is 0 Å². The van der Waals surface area contributed by atoms with Crippen molar-refractivity contribution in [2.24, 2.45) is 7.05 Å². The molecule has 2 aromatic heterocycles. The number of nitrogens with two attached hydrogens (primary N) is 1. The van der Waals surface area contributed by atoms with E-state index in [1.165, 1.54) is 22.5 Å². The minimum atomic E-state index is -4.80. The number of hydrogen-bond donors (Lipinski definition) is 5. The monoisotopic (exact) mass is 380 g/mol. The lowest BCUT2D eigenvalue weighted by Crippen LogP contribution is -2.44. The number of nitrogens with one attached hydrogen (secondary N) is 1. The molecule has 2 aromatic rings. The van der Waals surface area contributed by atoms with E-state index in [1.807, 2.05) is 0 Å². The molecule has 12 nitrogen and oxygen atoms in total. The molecule has 1 saturated heterocycles. The quantitative estimate of drug-likeness (QED) is 0.292. The average molecular weight is 380 g/mol. The van der Waals surface area contributed by atoms with Gasteiger partial charge in [0.05, 0.1) is 13.7 Å². The summed E-state index contributed by atoms with van der Waals surface area (Å²) < 4.78 is 37.4. The molecule has 0 spiro atoms. The van der Waals surface area contributed by atoms with Crippen LogP contribution in [0.15, 0.2) is 11.1 Å². The van der Waals surface area contributed by atoms with Gasteiger partial charge >= 0.3 is 13.5 Å². The summed E-state index contributed by atoms with van der Waals surface area (Å²) in [5.74, 6) is -0.187. The number of nitrogens with zero attached hydrogens (tertiary/aromatic N) is 3. The maximum atomic E-state index is 14.5. The molecule has 25 heavy (non-hydrogen) atoms. The molecule has 1 aliphatic heterocycles. The Morgan fingerprint density at radius 3 is 2.92 bits per heavy atom. The number of fused-ring (bicyclic) bond motifs is 1. The summed E-state index contributed by atoms with van der Waals surface area (Å²) in [6, 6.07) is 0. The third kappa shape index (κ3) is 3.29. The molecule has 0 unspecified atom stereocenters. The topological polar surface area (TPSA) is 177 Å². The third-order valence-electron chi connectivity index (χ3n) is 3.76. The Morgan fingerprint density at radius 2 is 2.28 bits per heavy atom. The van der Waals surface area contributed by atoms with Crippen LogP contribution in [0.4, 0.5) is 10.3 Å². The number of phosphoric ester groups is 1. The number of H-pyrrole nitrogens is 1. The van der Waals surface area contributed by atoms with E-state index in [0.29, 0.717) is 0 Å². The summed E-state index contributed by atoms with van der Waals surface area (Å²) in [6.45, 7) is -0.718. The van der Waals surface area contributed by atoms with Gasteiger partial charge in [-0.05, 0) is 0 Å². The van der Waals surface area contributed by atoms with Crippen LogP contribution in [-0.2, 0) is 20.9 Å². The first-order chi connectivity index (χ1) is 11.6. The first-order valence-corrected chi connectivity index (χ1v) is 8.55. The van der Waals surface area contributed by atoms with Crippen LogP contribution in [0.1, 0.15) is 6.23 Å². The Kier molecular flexibility index (Phi) is 4.39. The van der Waals surface area contributed by atoms with Crippen molar-refractivity contribution in [3.8, 4) is 0 Å². The van der Waals surface area contributed by atoms with Gasteiger partial charge < -0.3 is 25.4 Å². The molecule has 6 N–H and O–H groups in total. The SMILES string of the molecule is Cn1c[n+]([C@@H]2O[C@H](COP(=O)(O)O)[C@@H](O)[C@@H]2F)c2nc(N)[nH]c(=O)c21. The highest BCUT2D eigenvalue weighted by atomic mass is 31.2. The molecule has 0 radical (unpaired) electrons. The molecule has 14 heteroatoms. The maximum absolute atomic E-state index is 14.5. The van der Waals surface area contributed by atoms with Gasteiger partial charge in [-0.3, -0.25) is 18.9 Å². The standard InChI is InChI=1S/C11H15FN5O7P/c1-16-3-17(8-6(16)9(19)15-11(13)14-8)10-5(12)7(18)4(24-10)2-23-25(20,21)22/h3-5,7,10,18H,2H2,1H3,(H4-,13,14,15,19,20,21,22)/p+1/t4-,5+,7-,10-/m1/s1. The van der Waals surface area contributed by atoms with E-state index in [4.69, 9.17) is 20.3 Å². The third-order valence-corrected chi connectivity index (χ3v) is 4.25. The van der Waals surface area contributed by atoms with E-state index in [0.717, 1.165) is 0 Å². The van der Waals surface area contributed by atoms with E-state index in [-0.39, 0.29) is 17.1 Å². The van der Waals surface area contributed by atoms with Crippen LogP contribution in [0.2, 0.25) is 0 Å². The van der Waals surface area contributed by atoms with Crippen LogP contribution in [-0.4, -0.2) is 54.4 Å². The molecule has 0 aromatic carbocycles. The second-order valence-electron chi connectivity index (χ2n) is 5.54. The fraction of sp³-hybridized carbons (Fsp3) is 0.545. The van der Waals surface area contributed by atoms with Gasteiger partial charge in [0, 0.05) is 0 Å². The number of ether oxygens (including phenoxy) is 1. The fourth-order valence-electron chi connectivity index (χ4n) is 2.69. The minimum absolute atomic E-state index is 0.0279. The molecule has 0 aliphatic carbocycles. The van der Waals surface area contributed by atoms with E-state index in [9.17, 15) is 18.9 Å². The number of phosphoric acid groups is 1. The lowest BCUT2D eigenvalue weighted by molar-refractivity contribution is -0.744. The van der Waals surface area contributed by atoms with Crippen LogP contribution >= 0.6 is 7.82 Å². The summed E-state index contributed by atoms with van der Waals surface area (Å²) in [4.78, 5) is 35.6. The van der Waals surface area contributed by atoms with Crippen molar-refractivity contribution in [1.82, 2.24) is 14.5 Å². The van der Waals surface area contributed by atoms with Gasteiger partial charge in [0.1, 0.15) is 12.2 Å². The van der Waals surface area contributed by atoms with Crippen LogP contribution in [0.5, 0.6) is 0 Å². The van der Waals surface area contributed by atoms with E-state index >= 15 is 0 Å². The van der Waals surface area contributed by atoms with Gasteiger partial charge in [-0.15, -0.1) is 0 Å². The summed E-state index contributed by atoms with van der Waals surface area (Å²) >= 11 is 0. The number of halogens is 1. The number of aromatic nitrogens is 4. The van der Waals surface area contributed by atoms with E-state index in [2.05, 4.69) is 14.5 Å². The fourth-order valence-corrected chi connectivity index (χ4v) is 3.03. The number of anilines is 1. The zero-order valence-electron chi connectivity index (χ0n) is 12.8. The van der Waals surface area contributed by atoms with Gasteiger partial charge in [-0.2, -0.15) is 0 Å². The van der Waals surface area contributed by atoms with E-state index in [1.54, 1.807) is 0 Å². The number of alkyl halides is 1. The zero-order valence-corrected chi connectivity index (χ0v) is 13.7. The molecular formula is C11H16FN5O7P+. The molecule has 138 valence electrons. The molecule has 3 rings (SSSR count). The number of aliphatic hydroxyl groups is 1. The number of nitrogen functional groups attached to an aromatic ring is 1. The largest absolute Gasteiger partial charge is 0.469 e. The predicted octanol–water partition coefficient (Wildman–Crippen LogP) is -2.16. The van der Waals surface area contributed by atoms with Gasteiger partial charge in [0.25, 0.3) is 11.5 Å². The molecule has 0 amide bonds. The lowest BCUT2D eigenvalue weighted by atomic mass is 10.1. The highest BCUT2D eigenvalue weighted by Gasteiger charge is 2.49. The first-order valence-electron chi connectivity index (χ1n) is 7.02. The maximum Gasteiger partial charge on any atom is 0.469 e. The van der Waals surface area contributed by atoms with Crippen molar-refractivity contribution in [3.05, 3.63) is 16.7 Å². The van der Waals surface area contributed by atoms with Crippen LogP contribution < -0.4 is 15.9 Å². The summed E-state index contributed by atoms with van der Waals surface area (Å²) in [5.41, 5.74) is 5.10. The molecule has 3 heterocycles. The highest BCUT2D eigenvalue weighted by Crippen LogP contribution is 2.38. The Bertz CT molecular complexity index is 910. The Balaban J connectivity index is 1.96. The number of hydrogen-bond acceptors (Lipinski definition) is 7. The summed E-state index contributed by atoms with van der Waals surface area (Å²) in [5, 5.41) is 9.91. The van der Waals surface area contributed by atoms with Crippen molar-refractivity contribution < 1.29 is 37.7 Å². The Hall–Kier alpha value is -1.89. The van der Waals surface area contributed by atoms with Gasteiger partial charge in [0.15, 0.2) is 12.5 Å². The number of rotatable bonds is 4. The molecule has 1 fully saturated rings. The summed E-state index contributed by atoms with van der Waals surface area (Å²) in [7, 11) is -3.28. The Labute approximate surface area is 138 Å². The minimum Gasteiger partial charge on any atom is -0.387 e. The van der Waals surface area contributed by atoms with Gasteiger partial charge in [0.2, 0.25) is 11.7 Å². The lowest BCUT2D eigenvalue weighted by Gasteiger charge is -2.14. The second-order valence-corrected chi connectivity index (χ2v) is 6.78. The number of aromatic amines is 1. The normalized spacial score (nSPS) is 27.2. The average Bonchev–Trinajstić information content (AvgIpc) is 2.95. The zero-order chi connectivity index (χ0) is 18.5. The number of aliphatic hydroxyl groups excluding tert-OH is 1. The smallest absolute Gasteiger partial charge is 0.387 e. The molecule has 0 bridgehead atoms. The van der Waals surface area contributed by atoms with Gasteiger partial charge in [-0.1, -0.05) is 4.98 Å². The van der Waals surface area contributed by atoms with Crippen molar-refractivity contribution in [2.45, 2.75) is 24.6 Å². The second kappa shape index (κ2) is 6.12. The van der Waals surface area contributed by atoms with E-state index < -0.39 is 44.6 Å². The molecule has 4 atom stereocenters. The molecule has 0 saturated carbocycles. The van der Waals surface area contributed by atoms with Crippen molar-refractivity contribution in [2.75, 3.05) is 12.3 Å². The predicted molar refractivity (Wildman–Crippen MR) is 78.8 cm³/mol. The summed E-state index contributed by atoms with van der Waals surface area (Å²) in [6.07, 6.45) is -5.03. The van der Waals surface area contributed by atoms with Crippen LogP contribution in [0.25, 0.3) is 11.2 Å². The molecule has 1 aliphatic rings. The molecular weight excluding hydrogens is 364 g/mol. The van der Waals surface area contributed by atoms with Crippen molar-refractivity contribution in [3.63, 3.8) is 0 Å². The highest BCUT2D eigenvalue weighted by molar-refractivity contribution is 7.46. The number of imidazole rings is 1. The van der Waals surface area contributed by atoms with Crippen molar-refractivity contribution in [1.29, 1.82) is 0 Å². The van der Waals surface area contributed by atoms with Crippen molar-refractivity contribution >= 4 is 24.9 Å². The Morgan fingerprint density at radius 1 is 1.60 bits per heavy atom. The van der Waals surface area contributed by atoms with Gasteiger partial charge in [-0.25, -0.2) is 13.5 Å². The first kappa shape index (κ1) is 17.9. The van der Waals surface area contributed by atoms with Crippen LogP contribution in [0, 0.1) is 0 Å².